The average molecular weight is 270 g/mol. The number of aryl methyl sites for hydroxylation is 1. The molecule has 1 atom stereocenters. The molecule has 108 valence electrons. The molecule has 1 heterocycles. The van der Waals surface area contributed by atoms with Crippen molar-refractivity contribution in [3.63, 3.8) is 0 Å². The van der Waals surface area contributed by atoms with E-state index in [1.807, 2.05) is 6.92 Å². The maximum absolute atomic E-state index is 12.5. The molecule has 1 aromatic rings. The molecular formula is C12H22N4O3. The smallest absolute Gasteiger partial charge is 0.276 e. The zero-order valence-corrected chi connectivity index (χ0v) is 11.9. The molecule has 7 heteroatoms. The van der Waals surface area contributed by atoms with E-state index in [-0.39, 0.29) is 17.6 Å². The van der Waals surface area contributed by atoms with Gasteiger partial charge in [0.2, 0.25) is 0 Å². The summed E-state index contributed by atoms with van der Waals surface area (Å²) in [5.41, 5.74) is 7.16. The number of carbonyl (C=O) groups excluding carboxylic acids is 1. The third kappa shape index (κ3) is 3.68. The van der Waals surface area contributed by atoms with E-state index in [4.69, 9.17) is 15.2 Å². The highest BCUT2D eigenvalue weighted by Crippen LogP contribution is 2.16. The minimum absolute atomic E-state index is 0.0796. The number of hydrogen-bond acceptors (Lipinski definition) is 5. The average Bonchev–Trinajstić information content (AvgIpc) is 2.70. The number of rotatable bonds is 7. The second-order valence-corrected chi connectivity index (χ2v) is 4.41. The van der Waals surface area contributed by atoms with Crippen LogP contribution in [0.4, 0.5) is 5.69 Å². The molecule has 19 heavy (non-hydrogen) atoms. The zero-order valence-electron chi connectivity index (χ0n) is 11.9. The van der Waals surface area contributed by atoms with Crippen molar-refractivity contribution in [2.24, 2.45) is 0 Å². The predicted molar refractivity (Wildman–Crippen MR) is 72.0 cm³/mol. The lowest BCUT2D eigenvalue weighted by molar-refractivity contribution is 0.0475. The van der Waals surface area contributed by atoms with Gasteiger partial charge in [-0.05, 0) is 13.8 Å². The Morgan fingerprint density at radius 1 is 1.47 bits per heavy atom. The first-order chi connectivity index (χ1) is 9.02. The predicted octanol–water partition coefficient (Wildman–Crippen LogP) is 0.424. The Hall–Kier alpha value is -1.60. The van der Waals surface area contributed by atoms with Crippen molar-refractivity contribution >= 4 is 11.6 Å². The van der Waals surface area contributed by atoms with Crippen LogP contribution in [0.5, 0.6) is 0 Å². The van der Waals surface area contributed by atoms with Gasteiger partial charge in [0, 0.05) is 20.8 Å². The van der Waals surface area contributed by atoms with Crippen LogP contribution in [0.25, 0.3) is 0 Å². The van der Waals surface area contributed by atoms with Gasteiger partial charge in [0.15, 0.2) is 5.69 Å². The van der Waals surface area contributed by atoms with Crippen LogP contribution in [0.1, 0.15) is 23.1 Å². The summed E-state index contributed by atoms with van der Waals surface area (Å²) in [6, 6.07) is -0.0796. The molecule has 0 spiro atoms. The number of anilines is 1. The minimum atomic E-state index is -0.219. The molecule has 0 saturated heterocycles. The summed E-state index contributed by atoms with van der Waals surface area (Å²) < 4.78 is 10.1. The fraction of sp³-hybridized carbons (Fsp3) is 0.667. The van der Waals surface area contributed by atoms with Crippen molar-refractivity contribution in [2.45, 2.75) is 19.9 Å². The monoisotopic (exact) mass is 270 g/mol. The fourth-order valence-corrected chi connectivity index (χ4v) is 1.78. The highest BCUT2D eigenvalue weighted by molar-refractivity contribution is 5.97. The topological polar surface area (TPSA) is 93.5 Å². The van der Waals surface area contributed by atoms with Crippen molar-refractivity contribution in [3.05, 3.63) is 11.4 Å². The van der Waals surface area contributed by atoms with E-state index in [2.05, 4.69) is 10.2 Å². The molecule has 0 saturated carbocycles. The number of amides is 1. The van der Waals surface area contributed by atoms with Gasteiger partial charge in [-0.25, -0.2) is 0 Å². The minimum Gasteiger partial charge on any atom is -0.395 e. The molecule has 1 unspecified atom stereocenters. The summed E-state index contributed by atoms with van der Waals surface area (Å²) in [6.07, 6.45) is 0. The fourth-order valence-electron chi connectivity index (χ4n) is 1.78. The third-order valence-corrected chi connectivity index (χ3v) is 2.93. The van der Waals surface area contributed by atoms with E-state index in [1.54, 1.807) is 26.0 Å². The summed E-state index contributed by atoms with van der Waals surface area (Å²) in [5.74, 6) is -0.219. The number of nitrogen functional groups attached to an aromatic ring is 1. The molecule has 0 aliphatic carbocycles. The lowest BCUT2D eigenvalue weighted by Gasteiger charge is -2.28. The molecule has 0 aliphatic rings. The summed E-state index contributed by atoms with van der Waals surface area (Å²) in [4.78, 5) is 14.1. The Balaban J connectivity index is 2.90. The number of aromatic nitrogens is 2. The van der Waals surface area contributed by atoms with Gasteiger partial charge >= 0.3 is 0 Å². The Labute approximate surface area is 113 Å². The number of nitrogens with one attached hydrogen (secondary N) is 1. The van der Waals surface area contributed by atoms with Crippen LogP contribution in [-0.4, -0.2) is 61.0 Å². The van der Waals surface area contributed by atoms with Gasteiger partial charge in [-0.2, -0.15) is 5.10 Å². The quantitative estimate of drug-likeness (QED) is 0.749. The van der Waals surface area contributed by atoms with Gasteiger partial charge in [-0.1, -0.05) is 0 Å². The largest absolute Gasteiger partial charge is 0.395 e. The number of methoxy groups -OCH3 is 2. The molecule has 0 bridgehead atoms. The van der Waals surface area contributed by atoms with E-state index in [9.17, 15) is 4.79 Å². The lowest BCUT2D eigenvalue weighted by Crippen LogP contribution is -2.43. The van der Waals surface area contributed by atoms with Crippen LogP contribution in [0.3, 0.4) is 0 Å². The molecule has 0 aromatic carbocycles. The first-order valence-corrected chi connectivity index (χ1v) is 6.12. The summed E-state index contributed by atoms with van der Waals surface area (Å²) in [6.45, 7) is 5.04. The maximum Gasteiger partial charge on any atom is 0.276 e. The van der Waals surface area contributed by atoms with Crippen LogP contribution in [0.15, 0.2) is 0 Å². The summed E-state index contributed by atoms with van der Waals surface area (Å²) in [7, 11) is 3.19. The Kier molecular flexibility index (Phi) is 5.78. The van der Waals surface area contributed by atoms with Gasteiger partial charge < -0.3 is 20.1 Å². The third-order valence-electron chi connectivity index (χ3n) is 2.93. The highest BCUT2D eigenvalue weighted by Gasteiger charge is 2.25. The van der Waals surface area contributed by atoms with Crippen molar-refractivity contribution in [1.82, 2.24) is 15.1 Å². The van der Waals surface area contributed by atoms with Crippen LogP contribution in [0, 0.1) is 6.92 Å². The molecular weight excluding hydrogens is 248 g/mol. The SMILES string of the molecule is COCCN(C(=O)c1n[nH]c(C)c1N)C(C)COC. The van der Waals surface area contributed by atoms with Crippen LogP contribution in [0.2, 0.25) is 0 Å². The van der Waals surface area contributed by atoms with E-state index < -0.39 is 0 Å². The normalized spacial score (nSPS) is 12.4. The standard InChI is InChI=1S/C12H22N4O3/c1-8(7-19-4)16(5-6-18-3)12(17)11-10(13)9(2)14-15-11/h8H,5-7,13H2,1-4H3,(H,14,15). The van der Waals surface area contributed by atoms with Crippen LogP contribution < -0.4 is 5.73 Å². The maximum atomic E-state index is 12.5. The van der Waals surface area contributed by atoms with Gasteiger partial charge in [0.25, 0.3) is 5.91 Å². The number of H-pyrrole nitrogens is 1. The van der Waals surface area contributed by atoms with Gasteiger partial charge in [0.1, 0.15) is 0 Å². The van der Waals surface area contributed by atoms with Crippen LogP contribution in [-0.2, 0) is 9.47 Å². The lowest BCUT2D eigenvalue weighted by atomic mass is 10.2. The van der Waals surface area contributed by atoms with Gasteiger partial charge in [0.05, 0.1) is 30.6 Å². The molecule has 3 N–H and O–H groups in total. The van der Waals surface area contributed by atoms with Crippen molar-refractivity contribution < 1.29 is 14.3 Å². The van der Waals surface area contributed by atoms with E-state index in [0.717, 1.165) is 0 Å². The van der Waals surface area contributed by atoms with Crippen molar-refractivity contribution in [2.75, 3.05) is 39.7 Å². The summed E-state index contributed by atoms with van der Waals surface area (Å²) >= 11 is 0. The number of nitrogens with two attached hydrogens (primary N) is 1. The number of carbonyl (C=O) groups is 1. The Morgan fingerprint density at radius 2 is 2.16 bits per heavy atom. The zero-order chi connectivity index (χ0) is 14.4. The second kappa shape index (κ2) is 7.10. The molecule has 1 rings (SSSR count). The Morgan fingerprint density at radius 3 is 2.63 bits per heavy atom. The van der Waals surface area contributed by atoms with E-state index in [1.165, 1.54) is 0 Å². The molecule has 7 nitrogen and oxygen atoms in total. The molecule has 1 amide bonds. The second-order valence-electron chi connectivity index (χ2n) is 4.41. The number of ether oxygens (including phenoxy) is 2. The van der Waals surface area contributed by atoms with Crippen molar-refractivity contribution in [1.29, 1.82) is 0 Å². The molecule has 0 aliphatic heterocycles. The van der Waals surface area contributed by atoms with E-state index in [0.29, 0.717) is 31.1 Å². The molecule has 0 radical (unpaired) electrons. The van der Waals surface area contributed by atoms with Gasteiger partial charge in [-0.15, -0.1) is 0 Å². The first-order valence-electron chi connectivity index (χ1n) is 6.12. The highest BCUT2D eigenvalue weighted by atomic mass is 16.5. The first kappa shape index (κ1) is 15.5. The molecule has 0 fully saturated rings. The van der Waals surface area contributed by atoms with E-state index >= 15 is 0 Å². The molecule has 1 aromatic heterocycles. The number of aromatic amines is 1. The van der Waals surface area contributed by atoms with Gasteiger partial charge in [-0.3, -0.25) is 9.89 Å². The number of nitrogens with zero attached hydrogens (tertiary/aromatic N) is 2. The summed E-state index contributed by atoms with van der Waals surface area (Å²) in [5, 5.41) is 6.68. The number of hydrogen-bond donors (Lipinski definition) is 2. The van der Waals surface area contributed by atoms with Crippen molar-refractivity contribution in [3.8, 4) is 0 Å². The van der Waals surface area contributed by atoms with Crippen LogP contribution >= 0.6 is 0 Å². The Bertz CT molecular complexity index is 419.